The average Bonchev–Trinajstić information content (AvgIpc) is 2.46. The SMILES string of the molecule is COc1ccc(C(=O)N2CCCC[C@H]2C(N)=O)cc1Br. The van der Waals surface area contributed by atoms with Crippen LogP contribution in [-0.2, 0) is 4.79 Å². The number of nitrogens with zero attached hydrogens (tertiary/aromatic N) is 1. The number of primary amides is 1. The highest BCUT2D eigenvalue weighted by Gasteiger charge is 2.31. The number of likely N-dealkylation sites (tertiary alicyclic amines) is 1. The lowest BCUT2D eigenvalue weighted by molar-refractivity contribution is -0.123. The first-order valence-electron chi connectivity index (χ1n) is 6.48. The van der Waals surface area contributed by atoms with Gasteiger partial charge in [-0.15, -0.1) is 0 Å². The number of carbonyl (C=O) groups is 2. The van der Waals surface area contributed by atoms with Gasteiger partial charge >= 0.3 is 0 Å². The van der Waals surface area contributed by atoms with Crippen molar-refractivity contribution in [1.82, 2.24) is 4.90 Å². The van der Waals surface area contributed by atoms with Gasteiger partial charge in [-0.05, 0) is 53.4 Å². The molecule has 0 spiro atoms. The minimum atomic E-state index is -0.503. The molecule has 1 atom stereocenters. The predicted molar refractivity (Wildman–Crippen MR) is 78.6 cm³/mol. The summed E-state index contributed by atoms with van der Waals surface area (Å²) in [5.41, 5.74) is 5.91. The van der Waals surface area contributed by atoms with Crippen LogP contribution in [0.15, 0.2) is 22.7 Å². The molecule has 5 nitrogen and oxygen atoms in total. The summed E-state index contributed by atoms with van der Waals surface area (Å²) in [6.45, 7) is 0.566. The number of piperidine rings is 1. The van der Waals surface area contributed by atoms with Crippen LogP contribution in [0.1, 0.15) is 29.6 Å². The number of halogens is 1. The number of rotatable bonds is 3. The van der Waals surface area contributed by atoms with Gasteiger partial charge in [0, 0.05) is 12.1 Å². The Balaban J connectivity index is 2.25. The van der Waals surface area contributed by atoms with Crippen molar-refractivity contribution in [3.63, 3.8) is 0 Å². The number of amides is 2. The molecule has 6 heteroatoms. The Morgan fingerprint density at radius 3 is 2.75 bits per heavy atom. The molecule has 0 radical (unpaired) electrons. The summed E-state index contributed by atoms with van der Waals surface area (Å²) in [7, 11) is 1.56. The van der Waals surface area contributed by atoms with Crippen molar-refractivity contribution in [3.05, 3.63) is 28.2 Å². The minimum Gasteiger partial charge on any atom is -0.496 e. The van der Waals surface area contributed by atoms with E-state index in [9.17, 15) is 9.59 Å². The van der Waals surface area contributed by atoms with Crippen molar-refractivity contribution >= 4 is 27.7 Å². The third kappa shape index (κ3) is 2.95. The van der Waals surface area contributed by atoms with E-state index in [2.05, 4.69) is 15.9 Å². The van der Waals surface area contributed by atoms with Crippen LogP contribution in [-0.4, -0.2) is 36.4 Å². The van der Waals surface area contributed by atoms with Gasteiger partial charge in [0.05, 0.1) is 11.6 Å². The molecular formula is C14H17BrN2O3. The van der Waals surface area contributed by atoms with Crippen LogP contribution in [0.3, 0.4) is 0 Å². The molecule has 1 heterocycles. The summed E-state index contributed by atoms with van der Waals surface area (Å²) in [5, 5.41) is 0. The van der Waals surface area contributed by atoms with E-state index >= 15 is 0 Å². The van der Waals surface area contributed by atoms with Crippen LogP contribution in [0.25, 0.3) is 0 Å². The van der Waals surface area contributed by atoms with Gasteiger partial charge < -0.3 is 15.4 Å². The Bertz CT molecular complexity index is 533. The Morgan fingerprint density at radius 2 is 2.15 bits per heavy atom. The summed E-state index contributed by atoms with van der Waals surface area (Å²) in [4.78, 5) is 25.6. The van der Waals surface area contributed by atoms with Gasteiger partial charge in [-0.2, -0.15) is 0 Å². The van der Waals surface area contributed by atoms with E-state index in [1.54, 1.807) is 30.2 Å². The zero-order valence-corrected chi connectivity index (χ0v) is 12.9. The molecule has 1 aliphatic heterocycles. The second-order valence-corrected chi connectivity index (χ2v) is 5.62. The van der Waals surface area contributed by atoms with E-state index in [0.29, 0.717) is 28.8 Å². The smallest absolute Gasteiger partial charge is 0.254 e. The van der Waals surface area contributed by atoms with Crippen LogP contribution >= 0.6 is 15.9 Å². The van der Waals surface area contributed by atoms with E-state index in [1.807, 2.05) is 0 Å². The van der Waals surface area contributed by atoms with Gasteiger partial charge in [-0.1, -0.05) is 0 Å². The van der Waals surface area contributed by atoms with Gasteiger partial charge in [0.1, 0.15) is 11.8 Å². The van der Waals surface area contributed by atoms with Crippen molar-refractivity contribution in [3.8, 4) is 5.75 Å². The van der Waals surface area contributed by atoms with Crippen LogP contribution in [0, 0.1) is 0 Å². The number of hydrogen-bond donors (Lipinski definition) is 1. The van der Waals surface area contributed by atoms with Crippen LogP contribution in [0.4, 0.5) is 0 Å². The van der Waals surface area contributed by atoms with Crippen molar-refractivity contribution < 1.29 is 14.3 Å². The lowest BCUT2D eigenvalue weighted by atomic mass is 10.0. The van der Waals surface area contributed by atoms with E-state index < -0.39 is 11.9 Å². The maximum atomic E-state index is 12.5. The minimum absolute atomic E-state index is 0.170. The quantitative estimate of drug-likeness (QED) is 0.913. The molecule has 2 amide bonds. The van der Waals surface area contributed by atoms with Crippen LogP contribution in [0.2, 0.25) is 0 Å². The highest BCUT2D eigenvalue weighted by molar-refractivity contribution is 9.10. The molecule has 108 valence electrons. The summed E-state index contributed by atoms with van der Waals surface area (Å²) < 4.78 is 5.85. The molecule has 1 aromatic carbocycles. The fraction of sp³-hybridized carbons (Fsp3) is 0.429. The lowest BCUT2D eigenvalue weighted by Gasteiger charge is -2.33. The van der Waals surface area contributed by atoms with Crippen molar-refractivity contribution in [1.29, 1.82) is 0 Å². The second kappa shape index (κ2) is 6.26. The predicted octanol–water partition coefficient (Wildman–Crippen LogP) is 1.94. The Labute approximate surface area is 126 Å². The van der Waals surface area contributed by atoms with Crippen molar-refractivity contribution in [2.75, 3.05) is 13.7 Å². The molecular weight excluding hydrogens is 324 g/mol. The molecule has 0 aromatic heterocycles. The van der Waals surface area contributed by atoms with E-state index in [4.69, 9.17) is 10.5 Å². The zero-order valence-electron chi connectivity index (χ0n) is 11.3. The molecule has 1 aliphatic rings. The number of benzene rings is 1. The molecule has 0 aliphatic carbocycles. The zero-order chi connectivity index (χ0) is 14.7. The molecule has 2 rings (SSSR count). The molecule has 20 heavy (non-hydrogen) atoms. The molecule has 1 aromatic rings. The van der Waals surface area contributed by atoms with Crippen molar-refractivity contribution in [2.24, 2.45) is 5.73 Å². The number of nitrogens with two attached hydrogens (primary N) is 1. The molecule has 0 bridgehead atoms. The lowest BCUT2D eigenvalue weighted by Crippen LogP contribution is -2.50. The fourth-order valence-corrected chi connectivity index (χ4v) is 2.98. The maximum Gasteiger partial charge on any atom is 0.254 e. The first-order valence-corrected chi connectivity index (χ1v) is 7.27. The number of carbonyl (C=O) groups excluding carboxylic acids is 2. The van der Waals surface area contributed by atoms with E-state index in [0.717, 1.165) is 12.8 Å². The van der Waals surface area contributed by atoms with Gasteiger partial charge in [-0.25, -0.2) is 0 Å². The number of ether oxygens (including phenoxy) is 1. The molecule has 1 fully saturated rings. The maximum absolute atomic E-state index is 12.5. The Hall–Kier alpha value is -1.56. The van der Waals surface area contributed by atoms with Crippen molar-refractivity contribution in [2.45, 2.75) is 25.3 Å². The summed E-state index contributed by atoms with van der Waals surface area (Å²) in [6, 6.07) is 4.62. The standard InChI is InChI=1S/C14H17BrN2O3/c1-20-12-6-5-9(8-10(12)15)14(19)17-7-3-2-4-11(17)13(16)18/h5-6,8,11H,2-4,7H2,1H3,(H2,16,18)/t11-/m0/s1. The van der Waals surface area contributed by atoms with Gasteiger partial charge in [0.25, 0.3) is 5.91 Å². The normalized spacial score (nSPS) is 18.7. The van der Waals surface area contributed by atoms with E-state index in [-0.39, 0.29) is 5.91 Å². The Kier molecular flexibility index (Phi) is 4.65. The van der Waals surface area contributed by atoms with Crippen LogP contribution in [0.5, 0.6) is 5.75 Å². The second-order valence-electron chi connectivity index (χ2n) is 4.76. The fourth-order valence-electron chi connectivity index (χ4n) is 2.44. The topological polar surface area (TPSA) is 72.6 Å². The van der Waals surface area contributed by atoms with Gasteiger partial charge in [0.15, 0.2) is 0 Å². The monoisotopic (exact) mass is 340 g/mol. The first kappa shape index (κ1) is 14.8. The first-order chi connectivity index (χ1) is 9.54. The van der Waals surface area contributed by atoms with Gasteiger partial charge in [0.2, 0.25) is 5.91 Å². The molecule has 2 N–H and O–H groups in total. The highest BCUT2D eigenvalue weighted by Crippen LogP contribution is 2.27. The summed E-state index contributed by atoms with van der Waals surface area (Å²) in [6.07, 6.45) is 2.45. The summed E-state index contributed by atoms with van der Waals surface area (Å²) >= 11 is 3.36. The van der Waals surface area contributed by atoms with Crippen LogP contribution < -0.4 is 10.5 Å². The largest absolute Gasteiger partial charge is 0.496 e. The third-order valence-electron chi connectivity index (χ3n) is 3.49. The molecule has 0 saturated carbocycles. The number of methoxy groups -OCH3 is 1. The third-order valence-corrected chi connectivity index (χ3v) is 4.11. The number of hydrogen-bond acceptors (Lipinski definition) is 3. The molecule has 1 saturated heterocycles. The highest BCUT2D eigenvalue weighted by atomic mass is 79.9. The average molecular weight is 341 g/mol. The molecule has 0 unspecified atom stereocenters. The summed E-state index contributed by atoms with van der Waals surface area (Å²) in [5.74, 6) is 0.0501. The van der Waals surface area contributed by atoms with E-state index in [1.165, 1.54) is 0 Å². The van der Waals surface area contributed by atoms with Gasteiger partial charge in [-0.3, -0.25) is 9.59 Å². The Morgan fingerprint density at radius 1 is 1.40 bits per heavy atom.